The quantitative estimate of drug-likeness (QED) is 0.784. The Morgan fingerprint density at radius 2 is 1.96 bits per heavy atom. The number of benzene rings is 1. The van der Waals surface area contributed by atoms with Gasteiger partial charge in [-0.1, -0.05) is 18.2 Å². The van der Waals surface area contributed by atoms with Gasteiger partial charge in [0.05, 0.1) is 10.9 Å². The van der Waals surface area contributed by atoms with Gasteiger partial charge >= 0.3 is 0 Å². The Morgan fingerprint density at radius 1 is 1.15 bits per heavy atom. The van der Waals surface area contributed by atoms with Crippen molar-refractivity contribution in [3.05, 3.63) is 71.5 Å². The van der Waals surface area contributed by atoms with Crippen LogP contribution in [0.3, 0.4) is 0 Å². The van der Waals surface area contributed by atoms with Crippen LogP contribution < -0.4 is 5.56 Å². The summed E-state index contributed by atoms with van der Waals surface area (Å²) in [6.45, 7) is 6.60. The molecular weight excluding hydrogens is 336 g/mol. The van der Waals surface area contributed by atoms with Crippen molar-refractivity contribution < 1.29 is 0 Å². The highest BCUT2D eigenvalue weighted by molar-refractivity contribution is 5.78. The molecule has 5 heteroatoms. The summed E-state index contributed by atoms with van der Waals surface area (Å²) in [5, 5.41) is 0.637. The SMILES string of the molecule is C\C=C/C(=C\C=C\N1CCN2CCC1CC2)n1cnc2ccccc2c1=O. The molecule has 0 amide bonds. The van der Waals surface area contributed by atoms with E-state index >= 15 is 0 Å². The lowest BCUT2D eigenvalue weighted by atomic mass is 10.1. The van der Waals surface area contributed by atoms with Crippen LogP contribution >= 0.6 is 0 Å². The van der Waals surface area contributed by atoms with Gasteiger partial charge in [0, 0.05) is 37.9 Å². The molecule has 2 aromatic rings. The first-order chi connectivity index (χ1) is 13.3. The fourth-order valence-corrected chi connectivity index (χ4v) is 4.00. The number of aromatic nitrogens is 2. The van der Waals surface area contributed by atoms with Crippen LogP contribution in [0.4, 0.5) is 0 Å². The van der Waals surface area contributed by atoms with E-state index < -0.39 is 0 Å². The lowest BCUT2D eigenvalue weighted by Crippen LogP contribution is -2.35. The average molecular weight is 362 g/mol. The average Bonchev–Trinajstić information content (AvgIpc) is 3.02. The molecule has 0 atom stereocenters. The van der Waals surface area contributed by atoms with E-state index in [0.717, 1.165) is 24.3 Å². The van der Waals surface area contributed by atoms with Crippen LogP contribution in [-0.2, 0) is 0 Å². The van der Waals surface area contributed by atoms with Gasteiger partial charge in [-0.25, -0.2) is 4.98 Å². The second-order valence-corrected chi connectivity index (χ2v) is 7.18. The van der Waals surface area contributed by atoms with Crippen LogP contribution in [0.25, 0.3) is 16.6 Å². The lowest BCUT2D eigenvalue weighted by Gasteiger charge is -2.30. The number of rotatable bonds is 4. The number of nitrogens with zero attached hydrogens (tertiary/aromatic N) is 4. The molecule has 0 saturated carbocycles. The molecule has 0 aliphatic carbocycles. The van der Waals surface area contributed by atoms with E-state index in [2.05, 4.69) is 27.1 Å². The van der Waals surface area contributed by atoms with Crippen LogP contribution in [0, 0.1) is 0 Å². The minimum atomic E-state index is -0.0421. The van der Waals surface area contributed by atoms with Gasteiger partial charge in [-0.05, 0) is 56.3 Å². The van der Waals surface area contributed by atoms with E-state index in [1.807, 2.05) is 49.4 Å². The largest absolute Gasteiger partial charge is 0.373 e. The van der Waals surface area contributed by atoms with Crippen LogP contribution in [0.5, 0.6) is 0 Å². The molecule has 5 nitrogen and oxygen atoms in total. The molecule has 1 aromatic carbocycles. The summed E-state index contributed by atoms with van der Waals surface area (Å²) in [6, 6.07) is 8.11. The second kappa shape index (κ2) is 7.92. The van der Waals surface area contributed by atoms with Crippen LogP contribution in [0.15, 0.2) is 65.9 Å². The van der Waals surface area contributed by atoms with Gasteiger partial charge in [-0.3, -0.25) is 9.36 Å². The zero-order valence-electron chi connectivity index (χ0n) is 15.8. The summed E-state index contributed by atoms with van der Waals surface area (Å²) in [5.41, 5.74) is 1.50. The predicted molar refractivity (Wildman–Crippen MR) is 110 cm³/mol. The van der Waals surface area contributed by atoms with Crippen LogP contribution in [-0.4, -0.2) is 51.6 Å². The molecular formula is C22H26N4O. The van der Waals surface area contributed by atoms with Gasteiger partial charge in [0.1, 0.15) is 6.33 Å². The fraction of sp³-hybridized carbons (Fsp3) is 0.364. The van der Waals surface area contributed by atoms with Gasteiger partial charge in [-0.2, -0.15) is 0 Å². The Bertz CT molecular complexity index is 948. The molecule has 0 unspecified atom stereocenters. The maximum absolute atomic E-state index is 12.9. The standard InChI is InChI=1S/C22H26N4O/c1-2-6-19(26-17-23-21-9-4-3-8-20(21)22(26)27)7-5-12-25-16-15-24-13-10-18(25)11-14-24/h2-9,12,17-18H,10-11,13-16H2,1H3/b6-2-,12-5+,19-7+. The van der Waals surface area contributed by atoms with Gasteiger partial charge in [0.25, 0.3) is 5.56 Å². The van der Waals surface area contributed by atoms with E-state index in [-0.39, 0.29) is 5.56 Å². The zero-order chi connectivity index (χ0) is 18.6. The van der Waals surface area contributed by atoms with E-state index in [0.29, 0.717) is 11.4 Å². The molecule has 4 heterocycles. The number of allylic oxidation sites excluding steroid dienone is 5. The molecule has 0 radical (unpaired) electrons. The third-order valence-electron chi connectivity index (χ3n) is 5.53. The molecule has 0 spiro atoms. The van der Waals surface area contributed by atoms with Crippen molar-refractivity contribution in [3.8, 4) is 0 Å². The Labute approximate surface area is 159 Å². The van der Waals surface area contributed by atoms with Crippen molar-refractivity contribution in [2.75, 3.05) is 26.2 Å². The smallest absolute Gasteiger partial charge is 0.265 e. The predicted octanol–water partition coefficient (Wildman–Crippen LogP) is 3.11. The van der Waals surface area contributed by atoms with Crippen molar-refractivity contribution in [2.24, 2.45) is 0 Å². The first-order valence-corrected chi connectivity index (χ1v) is 9.72. The van der Waals surface area contributed by atoms with Gasteiger partial charge in [0.2, 0.25) is 0 Å². The minimum Gasteiger partial charge on any atom is -0.373 e. The summed E-state index contributed by atoms with van der Waals surface area (Å²) in [7, 11) is 0. The third kappa shape index (κ3) is 3.74. The molecule has 3 fully saturated rings. The monoisotopic (exact) mass is 362 g/mol. The normalized spacial score (nSPS) is 23.6. The van der Waals surface area contributed by atoms with E-state index in [1.54, 1.807) is 10.9 Å². The van der Waals surface area contributed by atoms with Crippen LogP contribution in [0.2, 0.25) is 0 Å². The highest BCUT2D eigenvalue weighted by Gasteiger charge is 2.26. The van der Waals surface area contributed by atoms with Gasteiger partial charge < -0.3 is 9.80 Å². The van der Waals surface area contributed by atoms with Crippen molar-refractivity contribution >= 4 is 16.6 Å². The van der Waals surface area contributed by atoms with Crippen molar-refractivity contribution in [3.63, 3.8) is 0 Å². The lowest BCUT2D eigenvalue weighted by molar-refractivity contribution is 0.221. The molecule has 3 aliphatic rings. The second-order valence-electron chi connectivity index (χ2n) is 7.18. The summed E-state index contributed by atoms with van der Waals surface area (Å²) in [4.78, 5) is 22.3. The van der Waals surface area contributed by atoms with E-state index in [9.17, 15) is 4.79 Å². The Hall–Kier alpha value is -2.66. The van der Waals surface area contributed by atoms with Crippen molar-refractivity contribution in [2.45, 2.75) is 25.8 Å². The molecule has 3 aliphatic heterocycles. The number of hydrogen-bond donors (Lipinski definition) is 0. The van der Waals surface area contributed by atoms with E-state index in [1.165, 1.54) is 25.9 Å². The zero-order valence-corrected chi connectivity index (χ0v) is 15.8. The summed E-state index contributed by atoms with van der Waals surface area (Å²) in [5.74, 6) is 0. The topological polar surface area (TPSA) is 41.4 Å². The Balaban J connectivity index is 1.63. The number of piperidine rings is 1. The molecule has 1 aromatic heterocycles. The van der Waals surface area contributed by atoms with Crippen LogP contribution in [0.1, 0.15) is 19.8 Å². The first kappa shape index (κ1) is 17.7. The maximum atomic E-state index is 12.9. The summed E-state index contributed by atoms with van der Waals surface area (Å²) < 4.78 is 1.62. The molecule has 3 saturated heterocycles. The number of para-hydroxylation sites is 1. The highest BCUT2D eigenvalue weighted by Crippen LogP contribution is 2.21. The maximum Gasteiger partial charge on any atom is 0.265 e. The molecule has 140 valence electrons. The van der Waals surface area contributed by atoms with Crippen molar-refractivity contribution in [1.82, 2.24) is 19.4 Å². The molecule has 27 heavy (non-hydrogen) atoms. The molecule has 0 N–H and O–H groups in total. The van der Waals surface area contributed by atoms with E-state index in [4.69, 9.17) is 0 Å². The fourth-order valence-electron chi connectivity index (χ4n) is 4.00. The first-order valence-electron chi connectivity index (χ1n) is 9.72. The molecule has 5 rings (SSSR count). The Kier molecular flexibility index (Phi) is 5.21. The van der Waals surface area contributed by atoms with Crippen molar-refractivity contribution in [1.29, 1.82) is 0 Å². The molecule has 2 bridgehead atoms. The summed E-state index contributed by atoms with van der Waals surface area (Å²) in [6.07, 6.45) is 14.2. The number of fused-ring (bicyclic) bond motifs is 5. The third-order valence-corrected chi connectivity index (χ3v) is 5.53. The minimum absolute atomic E-state index is 0.0421. The number of hydrogen-bond acceptors (Lipinski definition) is 4. The summed E-state index contributed by atoms with van der Waals surface area (Å²) >= 11 is 0. The van der Waals surface area contributed by atoms with Gasteiger partial charge in [0.15, 0.2) is 0 Å². The Morgan fingerprint density at radius 3 is 2.78 bits per heavy atom. The highest BCUT2D eigenvalue weighted by atomic mass is 16.1. The van der Waals surface area contributed by atoms with Gasteiger partial charge in [-0.15, -0.1) is 0 Å².